The second-order valence-electron chi connectivity index (χ2n) is 7.26. The number of rotatable bonds is 8. The van der Waals surface area contributed by atoms with Crippen LogP contribution in [0.2, 0.25) is 0 Å². The van der Waals surface area contributed by atoms with Gasteiger partial charge in [0, 0.05) is 11.1 Å². The molecule has 0 unspecified atom stereocenters. The number of hydrogen-bond acceptors (Lipinski definition) is 11. The van der Waals surface area contributed by atoms with Crippen molar-refractivity contribution in [1.82, 2.24) is 20.2 Å². The monoisotopic (exact) mass is 481 g/mol. The van der Waals surface area contributed by atoms with Crippen LogP contribution in [0.5, 0.6) is 23.0 Å². The highest BCUT2D eigenvalue weighted by Gasteiger charge is 2.40. The lowest BCUT2D eigenvalue weighted by molar-refractivity contribution is -0.136. The number of nitrogens with one attached hydrogen (secondary N) is 1. The summed E-state index contributed by atoms with van der Waals surface area (Å²) < 4.78 is 28.0. The lowest BCUT2D eigenvalue weighted by Gasteiger charge is -2.29. The van der Waals surface area contributed by atoms with Crippen LogP contribution in [0.4, 0.5) is 5.95 Å². The van der Waals surface area contributed by atoms with Crippen LogP contribution in [0.25, 0.3) is 0 Å². The number of ketones is 1. The fraction of sp³-hybridized carbons (Fsp3) is 0.261. The normalized spacial score (nSPS) is 14.5. The van der Waals surface area contributed by atoms with E-state index in [1.165, 1.54) is 46.3 Å². The van der Waals surface area contributed by atoms with Crippen LogP contribution >= 0.6 is 0 Å². The summed E-state index contributed by atoms with van der Waals surface area (Å²) in [7, 11) is 7.18. The minimum Gasteiger partial charge on any atom is -0.497 e. The topological polar surface area (TPSA) is 136 Å². The highest BCUT2D eigenvalue weighted by atomic mass is 16.5. The minimum absolute atomic E-state index is 0.0374. The number of hydrogen-bond donors (Lipinski definition) is 1. The molecule has 0 radical (unpaired) electrons. The van der Waals surface area contributed by atoms with Crippen molar-refractivity contribution in [2.75, 3.05) is 40.9 Å². The Balaban J connectivity index is 1.99. The van der Waals surface area contributed by atoms with Gasteiger partial charge in [0.05, 0.1) is 41.1 Å². The van der Waals surface area contributed by atoms with Gasteiger partial charge in [-0.05, 0) is 46.8 Å². The number of Topliss-reactive ketones (excluding diaryl/α,β-unsaturated/α-hetero) is 1. The first-order valence-corrected chi connectivity index (χ1v) is 10.3. The summed E-state index contributed by atoms with van der Waals surface area (Å²) in [5.41, 5.74) is 0.663. The molecular formula is C23H23N5O7. The number of carbonyl (C=O) groups excluding carboxylic acids is 2. The number of nitrogens with zero attached hydrogens (tertiary/aromatic N) is 4. The number of anilines is 1. The molecule has 1 atom stereocenters. The Hall–Kier alpha value is -4.61. The van der Waals surface area contributed by atoms with Gasteiger partial charge in [0.25, 0.3) is 0 Å². The largest absolute Gasteiger partial charge is 0.497 e. The van der Waals surface area contributed by atoms with E-state index < -0.39 is 17.8 Å². The maximum absolute atomic E-state index is 14.0. The molecule has 0 bridgehead atoms. The van der Waals surface area contributed by atoms with Gasteiger partial charge in [-0.25, -0.2) is 4.79 Å². The number of tetrazole rings is 1. The van der Waals surface area contributed by atoms with Crippen molar-refractivity contribution in [2.24, 2.45) is 0 Å². The number of esters is 1. The second-order valence-corrected chi connectivity index (χ2v) is 7.26. The van der Waals surface area contributed by atoms with Crippen LogP contribution in [-0.2, 0) is 9.53 Å². The molecule has 0 saturated carbocycles. The van der Waals surface area contributed by atoms with Crippen molar-refractivity contribution in [3.05, 3.63) is 58.8 Å². The molecule has 1 aliphatic rings. The first-order valence-electron chi connectivity index (χ1n) is 10.3. The molecule has 0 amide bonds. The van der Waals surface area contributed by atoms with E-state index in [0.717, 1.165) is 0 Å². The Morgan fingerprint density at radius 2 is 1.60 bits per heavy atom. The Labute approximate surface area is 200 Å². The van der Waals surface area contributed by atoms with E-state index in [2.05, 4.69) is 20.8 Å². The van der Waals surface area contributed by atoms with Crippen LogP contribution in [0.15, 0.2) is 47.7 Å². The van der Waals surface area contributed by atoms with Crippen molar-refractivity contribution in [3.8, 4) is 23.0 Å². The predicted molar refractivity (Wildman–Crippen MR) is 122 cm³/mol. The Morgan fingerprint density at radius 1 is 0.886 bits per heavy atom. The SMILES string of the molecule is COC(=O)C1=C(C(=O)c2ccc(OC)c(OC)c2)[C@@H](c2cc(OC)ccc2OC)n2nnnc2N1. The van der Waals surface area contributed by atoms with E-state index in [9.17, 15) is 9.59 Å². The molecule has 12 heteroatoms. The summed E-state index contributed by atoms with van der Waals surface area (Å²) in [6, 6.07) is 8.84. The molecule has 0 saturated heterocycles. The van der Waals surface area contributed by atoms with E-state index in [1.54, 1.807) is 30.3 Å². The summed E-state index contributed by atoms with van der Waals surface area (Å²) in [4.78, 5) is 26.9. The number of aromatic nitrogens is 4. The van der Waals surface area contributed by atoms with Crippen LogP contribution in [-0.4, -0.2) is 67.5 Å². The number of fused-ring (bicyclic) bond motifs is 1. The number of allylic oxidation sites excluding steroid dienone is 1. The molecule has 1 aromatic heterocycles. The lowest BCUT2D eigenvalue weighted by atomic mass is 9.88. The summed E-state index contributed by atoms with van der Waals surface area (Å²) in [5, 5.41) is 14.6. The van der Waals surface area contributed by atoms with Crippen molar-refractivity contribution >= 4 is 17.7 Å². The van der Waals surface area contributed by atoms with E-state index >= 15 is 0 Å². The smallest absolute Gasteiger partial charge is 0.355 e. The third-order valence-corrected chi connectivity index (χ3v) is 5.53. The molecule has 1 N–H and O–H groups in total. The lowest BCUT2D eigenvalue weighted by Crippen LogP contribution is -2.33. The van der Waals surface area contributed by atoms with Crippen LogP contribution in [0, 0.1) is 0 Å². The van der Waals surface area contributed by atoms with Crippen molar-refractivity contribution in [1.29, 1.82) is 0 Å². The number of carbonyl (C=O) groups is 2. The highest BCUT2D eigenvalue weighted by Crippen LogP contribution is 2.42. The molecule has 0 fully saturated rings. The molecule has 35 heavy (non-hydrogen) atoms. The molecule has 12 nitrogen and oxygen atoms in total. The van der Waals surface area contributed by atoms with E-state index in [0.29, 0.717) is 28.6 Å². The third-order valence-electron chi connectivity index (χ3n) is 5.53. The van der Waals surface area contributed by atoms with Crippen LogP contribution in [0.3, 0.4) is 0 Å². The fourth-order valence-corrected chi connectivity index (χ4v) is 3.86. The van der Waals surface area contributed by atoms with Gasteiger partial charge >= 0.3 is 5.97 Å². The van der Waals surface area contributed by atoms with Gasteiger partial charge in [-0.3, -0.25) is 4.79 Å². The Morgan fingerprint density at radius 3 is 2.26 bits per heavy atom. The van der Waals surface area contributed by atoms with E-state index in [1.807, 2.05) is 0 Å². The van der Waals surface area contributed by atoms with Gasteiger partial charge in [0.15, 0.2) is 17.3 Å². The zero-order valence-electron chi connectivity index (χ0n) is 19.7. The Kier molecular flexibility index (Phi) is 6.53. The molecule has 2 heterocycles. The van der Waals surface area contributed by atoms with Gasteiger partial charge in [0.1, 0.15) is 23.2 Å². The Bertz CT molecular complexity index is 1320. The minimum atomic E-state index is -0.957. The predicted octanol–water partition coefficient (Wildman–Crippen LogP) is 2.03. The standard InChI is InChI=1S/C23H23N5O7/c1-31-13-7-9-15(32-2)14(11-13)20-18(19(22(30)35-5)24-23-25-26-27-28(20)23)21(29)12-6-8-16(33-3)17(10-12)34-4/h6-11,20H,1-5H3,(H,24,25,27)/t20-/m1/s1. The number of benzene rings is 2. The van der Waals surface area contributed by atoms with Crippen molar-refractivity contribution in [2.45, 2.75) is 6.04 Å². The maximum atomic E-state index is 14.0. The van der Waals surface area contributed by atoms with Crippen molar-refractivity contribution < 1.29 is 33.3 Å². The molecule has 0 spiro atoms. The van der Waals surface area contributed by atoms with Gasteiger partial charge in [-0.1, -0.05) is 5.10 Å². The zero-order chi connectivity index (χ0) is 25.1. The average molecular weight is 481 g/mol. The van der Waals surface area contributed by atoms with Crippen LogP contribution in [0.1, 0.15) is 22.0 Å². The van der Waals surface area contributed by atoms with Crippen molar-refractivity contribution in [3.63, 3.8) is 0 Å². The molecule has 4 rings (SSSR count). The molecule has 0 aliphatic carbocycles. The number of ether oxygens (including phenoxy) is 5. The molecular weight excluding hydrogens is 458 g/mol. The van der Waals surface area contributed by atoms with Gasteiger partial charge in [-0.2, -0.15) is 4.68 Å². The average Bonchev–Trinajstić information content (AvgIpc) is 3.38. The molecule has 3 aromatic rings. The van der Waals surface area contributed by atoms with E-state index in [4.69, 9.17) is 23.7 Å². The summed E-state index contributed by atoms with van der Waals surface area (Å²) >= 11 is 0. The first kappa shape index (κ1) is 23.5. The number of methoxy groups -OCH3 is 5. The van der Waals surface area contributed by atoms with Gasteiger partial charge in [-0.15, -0.1) is 0 Å². The fourth-order valence-electron chi connectivity index (χ4n) is 3.86. The van der Waals surface area contributed by atoms with Gasteiger partial charge in [0.2, 0.25) is 5.95 Å². The second kappa shape index (κ2) is 9.71. The summed E-state index contributed by atoms with van der Waals surface area (Å²) in [5.74, 6) is 0.615. The van der Waals surface area contributed by atoms with Crippen LogP contribution < -0.4 is 24.3 Å². The maximum Gasteiger partial charge on any atom is 0.355 e. The molecule has 2 aromatic carbocycles. The quantitative estimate of drug-likeness (QED) is 0.374. The first-order chi connectivity index (χ1) is 17.0. The highest BCUT2D eigenvalue weighted by molar-refractivity contribution is 6.15. The third kappa shape index (κ3) is 4.09. The van der Waals surface area contributed by atoms with E-state index in [-0.39, 0.29) is 22.8 Å². The molecule has 1 aliphatic heterocycles. The molecule has 182 valence electrons. The zero-order valence-corrected chi connectivity index (χ0v) is 19.7. The van der Waals surface area contributed by atoms with Gasteiger partial charge < -0.3 is 29.0 Å². The summed E-state index contributed by atoms with van der Waals surface area (Å²) in [6.45, 7) is 0. The summed E-state index contributed by atoms with van der Waals surface area (Å²) in [6.07, 6.45) is 0.